The minimum atomic E-state index is -1.07. The molecule has 1 heterocycles. The summed E-state index contributed by atoms with van der Waals surface area (Å²) in [7, 11) is 0. The summed E-state index contributed by atoms with van der Waals surface area (Å²) in [5.41, 5.74) is 0.541. The van der Waals surface area contributed by atoms with Gasteiger partial charge in [0.25, 0.3) is 5.91 Å². The molecule has 1 aromatic carbocycles. The van der Waals surface area contributed by atoms with Crippen LogP contribution in [0, 0.1) is 0 Å². The molecule has 0 radical (unpaired) electrons. The van der Waals surface area contributed by atoms with E-state index in [0.717, 1.165) is 0 Å². The zero-order valence-electron chi connectivity index (χ0n) is 8.88. The molecule has 2 N–H and O–H groups in total. The van der Waals surface area contributed by atoms with Gasteiger partial charge in [-0.1, -0.05) is 5.16 Å². The number of hydrogen-bond donors (Lipinski definition) is 2. The van der Waals surface area contributed by atoms with Gasteiger partial charge >= 0.3 is 5.97 Å². The Balaban J connectivity index is 2.26. The number of carbonyl (C=O) groups excluding carboxylic acids is 1. The minimum absolute atomic E-state index is 0.0775. The maximum atomic E-state index is 11.7. The van der Waals surface area contributed by atoms with Crippen LogP contribution in [0.1, 0.15) is 20.8 Å². The van der Waals surface area contributed by atoms with E-state index in [2.05, 4.69) is 30.9 Å². The van der Waals surface area contributed by atoms with Gasteiger partial charge in [0.15, 0.2) is 5.69 Å². The number of carboxylic acids is 1. The number of aromatic nitrogens is 1. The third-order valence-electron chi connectivity index (χ3n) is 2.13. The topological polar surface area (TPSA) is 92.4 Å². The molecule has 0 fully saturated rings. The number of hydrogen-bond acceptors (Lipinski definition) is 4. The van der Waals surface area contributed by atoms with Gasteiger partial charge in [-0.15, -0.1) is 0 Å². The predicted octanol–water partition coefficient (Wildman–Crippen LogP) is 2.39. The summed E-state index contributed by atoms with van der Waals surface area (Å²) in [6.07, 6.45) is 1.28. The van der Waals surface area contributed by atoms with Crippen LogP contribution in [0.25, 0.3) is 0 Å². The summed E-state index contributed by atoms with van der Waals surface area (Å²) in [6, 6.07) is 5.73. The lowest BCUT2D eigenvalue weighted by molar-refractivity contribution is 0.0696. The number of amides is 1. The fraction of sp³-hybridized carbons (Fsp3) is 0. The minimum Gasteiger partial charge on any atom is -0.478 e. The third kappa shape index (κ3) is 2.57. The molecule has 0 saturated heterocycles. The highest BCUT2D eigenvalue weighted by molar-refractivity contribution is 9.10. The zero-order chi connectivity index (χ0) is 13.1. The van der Waals surface area contributed by atoms with Gasteiger partial charge in [0.1, 0.15) is 6.26 Å². The van der Waals surface area contributed by atoms with Gasteiger partial charge in [0, 0.05) is 10.5 Å². The lowest BCUT2D eigenvalue weighted by Crippen LogP contribution is -2.13. The quantitative estimate of drug-likeness (QED) is 0.908. The van der Waals surface area contributed by atoms with Crippen molar-refractivity contribution < 1.29 is 19.2 Å². The molecule has 2 rings (SSSR count). The maximum absolute atomic E-state index is 11.7. The maximum Gasteiger partial charge on any atom is 0.335 e. The van der Waals surface area contributed by atoms with Crippen molar-refractivity contribution >= 4 is 33.5 Å². The van der Waals surface area contributed by atoms with E-state index in [9.17, 15) is 9.59 Å². The number of anilines is 1. The van der Waals surface area contributed by atoms with Crippen LogP contribution in [0.4, 0.5) is 5.69 Å². The van der Waals surface area contributed by atoms with E-state index in [4.69, 9.17) is 5.11 Å². The van der Waals surface area contributed by atoms with E-state index in [0.29, 0.717) is 10.2 Å². The largest absolute Gasteiger partial charge is 0.478 e. The van der Waals surface area contributed by atoms with Gasteiger partial charge in [-0.3, -0.25) is 4.79 Å². The molecule has 92 valence electrons. The van der Waals surface area contributed by atoms with Crippen LogP contribution < -0.4 is 5.32 Å². The molecule has 0 saturated carbocycles. The van der Waals surface area contributed by atoms with Crippen molar-refractivity contribution in [1.82, 2.24) is 5.16 Å². The second-order valence-electron chi connectivity index (χ2n) is 3.34. The molecule has 0 atom stereocenters. The van der Waals surface area contributed by atoms with Gasteiger partial charge in [0.05, 0.1) is 11.3 Å². The summed E-state index contributed by atoms with van der Waals surface area (Å²) >= 11 is 3.22. The first-order valence-electron chi connectivity index (χ1n) is 4.82. The molecule has 0 aliphatic rings. The van der Waals surface area contributed by atoms with Gasteiger partial charge in [-0.05, 0) is 34.1 Å². The Bertz CT molecular complexity index is 595. The molecule has 7 heteroatoms. The van der Waals surface area contributed by atoms with Crippen LogP contribution in [0.15, 0.2) is 39.5 Å². The molecule has 1 aromatic heterocycles. The van der Waals surface area contributed by atoms with Crippen molar-refractivity contribution in [2.75, 3.05) is 5.32 Å². The summed E-state index contributed by atoms with van der Waals surface area (Å²) < 4.78 is 5.12. The Morgan fingerprint density at radius 1 is 1.33 bits per heavy atom. The molecule has 1 amide bonds. The van der Waals surface area contributed by atoms with E-state index >= 15 is 0 Å². The highest BCUT2D eigenvalue weighted by atomic mass is 79.9. The molecule has 0 bridgehead atoms. The number of halogens is 1. The Hall–Kier alpha value is -2.15. The van der Waals surface area contributed by atoms with Crippen LogP contribution in [0.2, 0.25) is 0 Å². The molecule has 18 heavy (non-hydrogen) atoms. The van der Waals surface area contributed by atoms with Crippen LogP contribution in [0.5, 0.6) is 0 Å². The molecule has 0 aliphatic heterocycles. The number of aromatic carboxylic acids is 1. The van der Waals surface area contributed by atoms with E-state index in [-0.39, 0.29) is 11.3 Å². The Kier molecular flexibility index (Phi) is 3.42. The lowest BCUT2D eigenvalue weighted by atomic mass is 10.2. The van der Waals surface area contributed by atoms with Crippen molar-refractivity contribution in [3.8, 4) is 0 Å². The average molecular weight is 311 g/mol. The normalized spacial score (nSPS) is 10.1. The second-order valence-corrected chi connectivity index (χ2v) is 4.19. The molecule has 0 unspecified atom stereocenters. The van der Waals surface area contributed by atoms with Crippen LogP contribution >= 0.6 is 15.9 Å². The highest BCUT2D eigenvalue weighted by Crippen LogP contribution is 2.24. The van der Waals surface area contributed by atoms with Crippen molar-refractivity contribution in [1.29, 1.82) is 0 Å². The standard InChI is InChI=1S/C11H7BrN2O4/c12-7-2-1-6(11(16)17)5-9(7)13-10(15)8-3-4-18-14-8/h1-5H,(H,13,15)(H,16,17). The monoisotopic (exact) mass is 310 g/mol. The first kappa shape index (κ1) is 12.3. The molecule has 6 nitrogen and oxygen atoms in total. The number of carboxylic acid groups (broad SMARTS) is 1. The number of benzene rings is 1. The van der Waals surface area contributed by atoms with Crippen LogP contribution in [-0.2, 0) is 0 Å². The first-order valence-corrected chi connectivity index (χ1v) is 5.62. The van der Waals surface area contributed by atoms with Gasteiger partial charge in [0.2, 0.25) is 0 Å². The van der Waals surface area contributed by atoms with E-state index in [1.807, 2.05) is 0 Å². The number of rotatable bonds is 3. The fourth-order valence-corrected chi connectivity index (χ4v) is 1.62. The van der Waals surface area contributed by atoms with Gasteiger partial charge in [-0.2, -0.15) is 0 Å². The van der Waals surface area contributed by atoms with Crippen molar-refractivity contribution in [3.05, 3.63) is 46.3 Å². The molecular formula is C11H7BrN2O4. The Morgan fingerprint density at radius 3 is 2.72 bits per heavy atom. The number of carbonyl (C=O) groups is 2. The molecule has 2 aromatic rings. The lowest BCUT2D eigenvalue weighted by Gasteiger charge is -2.06. The van der Waals surface area contributed by atoms with E-state index < -0.39 is 11.9 Å². The SMILES string of the molecule is O=C(O)c1ccc(Br)c(NC(=O)c2ccon2)c1. The highest BCUT2D eigenvalue weighted by Gasteiger charge is 2.13. The van der Waals surface area contributed by atoms with Crippen LogP contribution in [-0.4, -0.2) is 22.1 Å². The first-order chi connectivity index (χ1) is 8.58. The van der Waals surface area contributed by atoms with E-state index in [1.54, 1.807) is 6.07 Å². The van der Waals surface area contributed by atoms with E-state index in [1.165, 1.54) is 24.5 Å². The average Bonchev–Trinajstić information content (AvgIpc) is 2.85. The van der Waals surface area contributed by atoms with Gasteiger partial charge < -0.3 is 14.9 Å². The Morgan fingerprint density at radius 2 is 2.11 bits per heavy atom. The zero-order valence-corrected chi connectivity index (χ0v) is 10.5. The van der Waals surface area contributed by atoms with Crippen molar-refractivity contribution in [2.24, 2.45) is 0 Å². The third-order valence-corrected chi connectivity index (χ3v) is 2.82. The summed E-state index contributed by atoms with van der Waals surface area (Å²) in [5, 5.41) is 14.9. The number of nitrogens with one attached hydrogen (secondary N) is 1. The fourth-order valence-electron chi connectivity index (χ4n) is 1.27. The van der Waals surface area contributed by atoms with Gasteiger partial charge in [-0.25, -0.2) is 4.79 Å². The van der Waals surface area contributed by atoms with Crippen molar-refractivity contribution in [2.45, 2.75) is 0 Å². The molecule has 0 spiro atoms. The second kappa shape index (κ2) is 5.01. The predicted molar refractivity (Wildman–Crippen MR) is 65.6 cm³/mol. The number of nitrogens with zero attached hydrogens (tertiary/aromatic N) is 1. The summed E-state index contributed by atoms with van der Waals surface area (Å²) in [5.74, 6) is -1.55. The Labute approximate surface area is 110 Å². The smallest absolute Gasteiger partial charge is 0.335 e. The van der Waals surface area contributed by atoms with Crippen molar-refractivity contribution in [3.63, 3.8) is 0 Å². The summed E-state index contributed by atoms with van der Waals surface area (Å²) in [4.78, 5) is 22.5. The van der Waals surface area contributed by atoms with Crippen LogP contribution in [0.3, 0.4) is 0 Å². The molecule has 0 aliphatic carbocycles. The summed E-state index contributed by atoms with van der Waals surface area (Å²) in [6.45, 7) is 0. The molecular weight excluding hydrogens is 304 g/mol.